The molecule has 0 N–H and O–H groups in total. The first kappa shape index (κ1) is 17.6. The van der Waals surface area contributed by atoms with Crippen molar-refractivity contribution in [2.24, 2.45) is 5.41 Å². The topological polar surface area (TPSA) is 28.6 Å². The van der Waals surface area contributed by atoms with Crippen molar-refractivity contribution < 1.29 is 9.13 Å². The van der Waals surface area contributed by atoms with Gasteiger partial charge in [0.1, 0.15) is 0 Å². The van der Waals surface area contributed by atoms with E-state index in [4.69, 9.17) is 4.74 Å². The molecular weight excluding hydrogens is 361 g/mol. The van der Waals surface area contributed by atoms with Gasteiger partial charge in [-0.15, -0.1) is 0 Å². The maximum Gasteiger partial charge on any atom is 0.165 e. The van der Waals surface area contributed by atoms with Crippen LogP contribution < -0.4 is 9.64 Å². The van der Waals surface area contributed by atoms with Crippen LogP contribution in [-0.4, -0.2) is 47.8 Å². The molecule has 0 bridgehead atoms. The van der Waals surface area contributed by atoms with E-state index in [0.717, 1.165) is 34.9 Å². The van der Waals surface area contributed by atoms with E-state index >= 15 is 0 Å². The molecule has 1 aromatic heterocycles. The van der Waals surface area contributed by atoms with Crippen LogP contribution in [0.3, 0.4) is 0 Å². The number of benzene rings is 1. The highest BCUT2D eigenvalue weighted by Crippen LogP contribution is 2.47. The van der Waals surface area contributed by atoms with Gasteiger partial charge < -0.3 is 9.64 Å². The Morgan fingerprint density at radius 3 is 2.70 bits per heavy atom. The van der Waals surface area contributed by atoms with E-state index in [1.807, 2.05) is 12.3 Å². The van der Waals surface area contributed by atoms with Crippen LogP contribution in [0.15, 0.2) is 24.4 Å². The molecule has 0 amide bonds. The molecule has 27 heavy (non-hydrogen) atoms. The molecule has 3 fully saturated rings. The third-order valence-corrected chi connectivity index (χ3v) is 7.76. The van der Waals surface area contributed by atoms with Gasteiger partial charge in [-0.05, 0) is 49.7 Å². The molecule has 1 spiro atoms. The summed E-state index contributed by atoms with van der Waals surface area (Å²) < 4.78 is 22.0. The van der Waals surface area contributed by atoms with Gasteiger partial charge in [-0.1, -0.05) is 11.9 Å². The Bertz CT molecular complexity index is 849. The lowest BCUT2D eigenvalue weighted by Crippen LogP contribution is -2.41. The average molecular weight is 388 g/mol. The molecule has 0 unspecified atom stereocenters. The molecule has 4 nitrogen and oxygen atoms in total. The minimum Gasteiger partial charge on any atom is -0.494 e. The predicted molar refractivity (Wildman–Crippen MR) is 109 cm³/mol. The van der Waals surface area contributed by atoms with Gasteiger partial charge in [0.25, 0.3) is 0 Å². The number of methoxy groups -OCH3 is 1. The van der Waals surface area contributed by atoms with E-state index in [2.05, 4.69) is 26.1 Å². The highest BCUT2D eigenvalue weighted by Gasteiger charge is 2.42. The van der Waals surface area contributed by atoms with Gasteiger partial charge >= 0.3 is 0 Å². The lowest BCUT2D eigenvalue weighted by atomic mass is 9.77. The number of hydrogen-bond donors (Lipinski definition) is 0. The zero-order valence-electron chi connectivity index (χ0n) is 15.8. The lowest BCUT2D eigenvalue weighted by Gasteiger charge is -2.40. The highest BCUT2D eigenvalue weighted by atomic mass is 32.2. The number of hydrogen-bond acceptors (Lipinski definition) is 5. The zero-order valence-corrected chi connectivity index (χ0v) is 16.6. The minimum absolute atomic E-state index is 0.254. The maximum absolute atomic E-state index is 14.3. The summed E-state index contributed by atoms with van der Waals surface area (Å²) in [5.74, 6) is -0.0692. The fourth-order valence-electron chi connectivity index (χ4n) is 4.56. The van der Waals surface area contributed by atoms with Crippen LogP contribution in [0.5, 0.6) is 5.75 Å². The summed E-state index contributed by atoms with van der Waals surface area (Å²) in [7, 11) is 1.49. The lowest BCUT2D eigenvalue weighted by molar-refractivity contribution is 0.237. The minimum atomic E-state index is -0.323. The van der Waals surface area contributed by atoms with Crippen LogP contribution in [0.25, 0.3) is 10.9 Å². The number of rotatable bonds is 4. The van der Waals surface area contributed by atoms with Gasteiger partial charge in [0, 0.05) is 54.8 Å². The van der Waals surface area contributed by atoms with Crippen molar-refractivity contribution in [3.8, 4) is 5.75 Å². The van der Waals surface area contributed by atoms with Crippen LogP contribution in [0.2, 0.25) is 0 Å². The fraction of sp³-hybridized carbons (Fsp3) is 0.571. The van der Waals surface area contributed by atoms with Gasteiger partial charge in [-0.25, -0.2) is 8.70 Å². The molecular formula is C21H26FN3OS. The van der Waals surface area contributed by atoms with Crippen molar-refractivity contribution in [3.63, 3.8) is 0 Å². The summed E-state index contributed by atoms with van der Waals surface area (Å²) in [6.07, 6.45) is 8.39. The van der Waals surface area contributed by atoms with E-state index in [9.17, 15) is 4.39 Å². The number of halogens is 1. The number of aromatic nitrogens is 1. The maximum atomic E-state index is 14.3. The molecule has 144 valence electrons. The molecule has 1 aliphatic carbocycles. The Balaban J connectivity index is 1.33. The molecule has 0 atom stereocenters. The Hall–Kier alpha value is -1.53. The Kier molecular flexibility index (Phi) is 4.43. The largest absolute Gasteiger partial charge is 0.494 e. The zero-order chi connectivity index (χ0) is 18.4. The number of ether oxygens (including phenoxy) is 1. The van der Waals surface area contributed by atoms with Crippen molar-refractivity contribution >= 4 is 28.5 Å². The second kappa shape index (κ2) is 6.82. The number of piperidine rings is 1. The summed E-state index contributed by atoms with van der Waals surface area (Å²) in [5, 5.41) is 1.78. The van der Waals surface area contributed by atoms with Gasteiger partial charge in [-0.2, -0.15) is 0 Å². The van der Waals surface area contributed by atoms with Crippen LogP contribution in [0.4, 0.5) is 10.1 Å². The molecule has 2 aliphatic heterocycles. The van der Waals surface area contributed by atoms with E-state index in [0.29, 0.717) is 5.41 Å². The first-order valence-corrected chi connectivity index (χ1v) is 10.8. The van der Waals surface area contributed by atoms with Gasteiger partial charge in [0.15, 0.2) is 11.6 Å². The Labute approximate surface area is 164 Å². The van der Waals surface area contributed by atoms with Gasteiger partial charge in [0.2, 0.25) is 0 Å². The quantitative estimate of drug-likeness (QED) is 0.721. The van der Waals surface area contributed by atoms with Crippen molar-refractivity contribution in [2.75, 3.05) is 38.2 Å². The normalized spacial score (nSPS) is 22.7. The number of nitrogens with zero attached hydrogens (tertiary/aromatic N) is 3. The van der Waals surface area contributed by atoms with E-state index < -0.39 is 0 Å². The van der Waals surface area contributed by atoms with Crippen LogP contribution in [0.1, 0.15) is 32.1 Å². The summed E-state index contributed by atoms with van der Waals surface area (Å²) in [5.41, 5.74) is 2.37. The van der Waals surface area contributed by atoms with Gasteiger partial charge in [-0.3, -0.25) is 4.98 Å². The molecule has 3 heterocycles. The smallest absolute Gasteiger partial charge is 0.165 e. The second-order valence-corrected chi connectivity index (χ2v) is 9.63. The van der Waals surface area contributed by atoms with E-state index in [1.54, 1.807) is 12.1 Å². The van der Waals surface area contributed by atoms with Crippen LogP contribution in [-0.2, 0) is 0 Å². The molecule has 1 aromatic carbocycles. The monoisotopic (exact) mass is 387 g/mol. The third-order valence-electron chi connectivity index (χ3n) is 6.38. The predicted octanol–water partition coefficient (Wildman–Crippen LogP) is 4.49. The molecule has 5 rings (SSSR count). The molecule has 6 heteroatoms. The second-order valence-electron chi connectivity index (χ2n) is 8.24. The summed E-state index contributed by atoms with van der Waals surface area (Å²) in [4.78, 5) is 6.83. The first-order chi connectivity index (χ1) is 13.2. The van der Waals surface area contributed by atoms with Crippen molar-refractivity contribution in [1.29, 1.82) is 0 Å². The standard InChI is InChI=1S/C21H26FN3OS/c1-26-20-13-18-16(12-17(20)22)19(4-8-23-18)24-9-5-21(6-10-24)7-11-25(14-21)27-15-2-3-15/h4,8,12-13,15H,2-3,5-7,9-11,14H2,1H3. The van der Waals surface area contributed by atoms with E-state index in [1.165, 1.54) is 52.3 Å². The number of pyridine rings is 1. The summed E-state index contributed by atoms with van der Waals surface area (Å²) >= 11 is 2.10. The molecule has 3 aliphatic rings. The molecule has 2 aromatic rings. The third kappa shape index (κ3) is 3.38. The number of fused-ring (bicyclic) bond motifs is 1. The van der Waals surface area contributed by atoms with Crippen molar-refractivity contribution in [1.82, 2.24) is 9.29 Å². The molecule has 2 saturated heterocycles. The Morgan fingerprint density at radius 1 is 1.19 bits per heavy atom. The van der Waals surface area contributed by atoms with E-state index in [-0.39, 0.29) is 11.6 Å². The summed E-state index contributed by atoms with van der Waals surface area (Å²) in [6, 6.07) is 5.30. The Morgan fingerprint density at radius 2 is 1.96 bits per heavy atom. The fourth-order valence-corrected chi connectivity index (χ4v) is 5.88. The van der Waals surface area contributed by atoms with Crippen molar-refractivity contribution in [3.05, 3.63) is 30.2 Å². The summed E-state index contributed by atoms with van der Waals surface area (Å²) in [6.45, 7) is 4.55. The SMILES string of the molecule is COc1cc2nccc(N3CCC4(CCN(SC5CC5)C4)CC3)c2cc1F. The van der Waals surface area contributed by atoms with Gasteiger partial charge in [0.05, 0.1) is 12.6 Å². The highest BCUT2D eigenvalue weighted by molar-refractivity contribution is 7.97. The first-order valence-electron chi connectivity index (χ1n) is 9.95. The van der Waals surface area contributed by atoms with Crippen molar-refractivity contribution in [2.45, 2.75) is 37.4 Å². The van der Waals surface area contributed by atoms with Crippen LogP contribution >= 0.6 is 11.9 Å². The molecule has 1 saturated carbocycles. The molecule has 0 radical (unpaired) electrons. The average Bonchev–Trinajstić information content (AvgIpc) is 3.42. The van der Waals surface area contributed by atoms with Crippen LogP contribution in [0, 0.1) is 11.2 Å². The number of anilines is 1.